The minimum atomic E-state index is 1.21. The standard InChI is InChI=1S/C58H35N/c1-4-18-36(19-5-1)53-49-34-39-32-47-43-26-12-10-24-41(43)42-25-11-13-27-44(42)48(47)33-40(39)35-50(49)56-57(53)54(37-20-6-2-7-21-37)55(38-22-8-3-9-23-38)58(56)59-51-30-16-14-28-45(51)46-29-15-17-31-52(46)59/h1-35H. The first-order valence-corrected chi connectivity index (χ1v) is 20.5. The molecule has 11 aromatic rings. The molecule has 0 atom stereocenters. The van der Waals surface area contributed by atoms with Crippen molar-refractivity contribution < 1.29 is 0 Å². The summed E-state index contributed by atoms with van der Waals surface area (Å²) in [4.78, 5) is 0. The number of nitrogens with zero attached hydrogens (tertiary/aromatic N) is 1. The van der Waals surface area contributed by atoms with Crippen LogP contribution in [-0.4, -0.2) is 4.57 Å². The van der Waals surface area contributed by atoms with Gasteiger partial charge in [0.05, 0.1) is 16.7 Å². The summed E-state index contributed by atoms with van der Waals surface area (Å²) in [7, 11) is 0. The van der Waals surface area contributed by atoms with Gasteiger partial charge in [-0.05, 0) is 113 Å². The van der Waals surface area contributed by atoms with Gasteiger partial charge in [-0.1, -0.05) is 176 Å². The molecule has 0 unspecified atom stereocenters. The molecule has 1 heteroatoms. The number of rotatable bonds is 4. The summed E-state index contributed by atoms with van der Waals surface area (Å²) in [5.74, 6) is 0. The second-order valence-electron chi connectivity index (χ2n) is 15.9. The summed E-state index contributed by atoms with van der Waals surface area (Å²) in [5.41, 5.74) is 16.2. The second-order valence-corrected chi connectivity index (χ2v) is 15.9. The van der Waals surface area contributed by atoms with Crippen LogP contribution in [0.5, 0.6) is 0 Å². The van der Waals surface area contributed by atoms with E-state index in [0.29, 0.717) is 0 Å². The lowest BCUT2D eigenvalue weighted by atomic mass is 9.88. The predicted octanol–water partition coefficient (Wildman–Crippen LogP) is 15.2. The summed E-state index contributed by atoms with van der Waals surface area (Å²) in [6.07, 6.45) is 0. The van der Waals surface area contributed by atoms with Gasteiger partial charge in [0.2, 0.25) is 0 Å². The summed E-state index contributed by atoms with van der Waals surface area (Å²) in [5, 5.41) is 12.8. The molecule has 0 spiro atoms. The van der Waals surface area contributed by atoms with E-state index in [9.17, 15) is 0 Å². The topological polar surface area (TPSA) is 4.93 Å². The molecule has 59 heavy (non-hydrogen) atoms. The Morgan fingerprint density at radius 1 is 0.237 bits per heavy atom. The summed E-state index contributed by atoms with van der Waals surface area (Å²) < 4.78 is 2.57. The molecule has 0 fully saturated rings. The predicted molar refractivity (Wildman–Crippen MR) is 251 cm³/mol. The van der Waals surface area contributed by atoms with Crippen LogP contribution in [0, 0.1) is 0 Å². The molecule has 10 aromatic carbocycles. The molecule has 0 amide bonds. The van der Waals surface area contributed by atoms with Crippen molar-refractivity contribution in [2.24, 2.45) is 0 Å². The fourth-order valence-electron chi connectivity index (χ4n) is 10.4. The van der Waals surface area contributed by atoms with E-state index < -0.39 is 0 Å². The summed E-state index contributed by atoms with van der Waals surface area (Å²) in [6, 6.07) is 78.8. The van der Waals surface area contributed by atoms with E-state index in [0.717, 1.165) is 0 Å². The largest absolute Gasteiger partial charge is 0.308 e. The first kappa shape index (κ1) is 32.4. The molecule has 0 aliphatic heterocycles. The van der Waals surface area contributed by atoms with Crippen LogP contribution in [0.3, 0.4) is 0 Å². The average Bonchev–Trinajstić information content (AvgIpc) is 3.93. The van der Waals surface area contributed by atoms with Crippen molar-refractivity contribution in [2.45, 2.75) is 0 Å². The van der Waals surface area contributed by atoms with Crippen LogP contribution in [0.4, 0.5) is 0 Å². The maximum absolute atomic E-state index is 2.57. The lowest BCUT2D eigenvalue weighted by molar-refractivity contribution is 1.25. The van der Waals surface area contributed by atoms with Gasteiger partial charge in [0.25, 0.3) is 0 Å². The number of para-hydroxylation sites is 2. The molecule has 0 saturated carbocycles. The van der Waals surface area contributed by atoms with Crippen molar-refractivity contribution in [1.82, 2.24) is 4.57 Å². The van der Waals surface area contributed by atoms with E-state index in [1.165, 1.54) is 126 Å². The van der Waals surface area contributed by atoms with E-state index in [1.807, 2.05) is 0 Å². The highest BCUT2D eigenvalue weighted by atomic mass is 15.0. The molecular formula is C58H35N. The molecule has 1 nitrogen and oxygen atoms in total. The maximum Gasteiger partial charge on any atom is 0.0632 e. The molecule has 1 heterocycles. The van der Waals surface area contributed by atoms with Crippen LogP contribution in [0.1, 0.15) is 27.8 Å². The molecule has 0 N–H and O–H groups in total. The summed E-state index contributed by atoms with van der Waals surface area (Å²) >= 11 is 0. The van der Waals surface area contributed by atoms with Crippen LogP contribution in [-0.2, 0) is 0 Å². The Bertz CT molecular complexity index is 3620. The number of allylic oxidation sites excluding steroid dienone is 5. The van der Waals surface area contributed by atoms with E-state index in [2.05, 4.69) is 217 Å². The van der Waals surface area contributed by atoms with Gasteiger partial charge in [-0.2, -0.15) is 0 Å². The highest BCUT2D eigenvalue weighted by Gasteiger charge is 2.41. The Morgan fingerprint density at radius 3 is 1.07 bits per heavy atom. The average molecular weight is 746 g/mol. The molecular weight excluding hydrogens is 711 g/mol. The van der Waals surface area contributed by atoms with E-state index in [-0.39, 0.29) is 0 Å². The highest BCUT2D eigenvalue weighted by molar-refractivity contribution is 6.39. The highest BCUT2D eigenvalue weighted by Crippen LogP contribution is 2.61. The van der Waals surface area contributed by atoms with Gasteiger partial charge in [0.1, 0.15) is 0 Å². The SMILES string of the molecule is c1ccc(C2=C(c3ccccc3)C(n3c4ccccc4c4ccccc43)=C3C2=C(c2ccccc2)c2cc4cc5c6ccccc6c6ccccc6c5cc4cc23)cc1. The van der Waals surface area contributed by atoms with Crippen molar-refractivity contribution in [2.75, 3.05) is 0 Å². The first-order chi connectivity index (χ1) is 29.3. The third-order valence-corrected chi connectivity index (χ3v) is 12.8. The number of hydrogen-bond donors (Lipinski definition) is 0. The van der Waals surface area contributed by atoms with Gasteiger partial charge in [0, 0.05) is 33.1 Å². The van der Waals surface area contributed by atoms with Gasteiger partial charge in [-0.15, -0.1) is 0 Å². The van der Waals surface area contributed by atoms with E-state index in [4.69, 9.17) is 0 Å². The van der Waals surface area contributed by atoms with Crippen molar-refractivity contribution in [1.29, 1.82) is 0 Å². The maximum atomic E-state index is 2.57. The van der Waals surface area contributed by atoms with Crippen molar-refractivity contribution >= 4 is 92.9 Å². The quantitative estimate of drug-likeness (QED) is 0.125. The molecule has 1 aromatic heterocycles. The minimum absolute atomic E-state index is 1.21. The normalized spacial score (nSPS) is 13.9. The Kier molecular flexibility index (Phi) is 6.79. The summed E-state index contributed by atoms with van der Waals surface area (Å²) in [6.45, 7) is 0. The van der Waals surface area contributed by atoms with Crippen molar-refractivity contribution in [3.8, 4) is 0 Å². The number of hydrogen-bond acceptors (Lipinski definition) is 0. The molecule has 13 rings (SSSR count). The van der Waals surface area contributed by atoms with Gasteiger partial charge < -0.3 is 4.57 Å². The molecule has 272 valence electrons. The van der Waals surface area contributed by atoms with Crippen LogP contribution < -0.4 is 0 Å². The van der Waals surface area contributed by atoms with Crippen LogP contribution in [0.25, 0.3) is 92.9 Å². The number of fused-ring (bicyclic) bond motifs is 13. The van der Waals surface area contributed by atoms with E-state index in [1.54, 1.807) is 0 Å². The van der Waals surface area contributed by atoms with Crippen molar-refractivity contribution in [3.05, 3.63) is 246 Å². The van der Waals surface area contributed by atoms with E-state index >= 15 is 0 Å². The first-order valence-electron chi connectivity index (χ1n) is 20.5. The lowest BCUT2D eigenvalue weighted by Crippen LogP contribution is -2.01. The molecule has 0 radical (unpaired) electrons. The Morgan fingerprint density at radius 2 is 0.593 bits per heavy atom. The monoisotopic (exact) mass is 745 g/mol. The third kappa shape index (κ3) is 4.56. The van der Waals surface area contributed by atoms with Crippen LogP contribution in [0.15, 0.2) is 218 Å². The molecule has 0 saturated heterocycles. The van der Waals surface area contributed by atoms with Crippen LogP contribution >= 0.6 is 0 Å². The lowest BCUT2D eigenvalue weighted by Gasteiger charge is -2.19. The Balaban J connectivity index is 1.24. The molecule has 0 bridgehead atoms. The smallest absolute Gasteiger partial charge is 0.0632 e. The third-order valence-electron chi connectivity index (χ3n) is 12.8. The van der Waals surface area contributed by atoms with Gasteiger partial charge >= 0.3 is 0 Å². The van der Waals surface area contributed by atoms with Crippen LogP contribution in [0.2, 0.25) is 0 Å². The fraction of sp³-hybridized carbons (Fsp3) is 0. The Hall–Kier alpha value is -7.74. The van der Waals surface area contributed by atoms with Gasteiger partial charge in [0.15, 0.2) is 0 Å². The number of benzene rings is 10. The number of aromatic nitrogens is 1. The van der Waals surface area contributed by atoms with Crippen molar-refractivity contribution in [3.63, 3.8) is 0 Å². The van der Waals surface area contributed by atoms with Gasteiger partial charge in [-0.3, -0.25) is 0 Å². The Labute approximate surface area is 341 Å². The zero-order valence-electron chi connectivity index (χ0n) is 32.2. The second kappa shape index (κ2) is 12.4. The zero-order chi connectivity index (χ0) is 38.6. The fourth-order valence-corrected chi connectivity index (χ4v) is 10.4. The van der Waals surface area contributed by atoms with Gasteiger partial charge in [-0.25, -0.2) is 0 Å². The minimum Gasteiger partial charge on any atom is -0.308 e. The zero-order valence-corrected chi connectivity index (χ0v) is 32.2. The molecule has 2 aliphatic carbocycles. The molecule has 2 aliphatic rings.